The normalized spacial score (nSPS) is 10.4. The van der Waals surface area contributed by atoms with Gasteiger partial charge in [0.05, 0.1) is 34.8 Å². The topological polar surface area (TPSA) is 104 Å². The molecule has 0 saturated carbocycles. The summed E-state index contributed by atoms with van der Waals surface area (Å²) < 4.78 is 18.6. The maximum Gasteiger partial charge on any atom is 0.120 e. The monoisotopic (exact) mass is 578 g/mol. The minimum atomic E-state index is 0.653. The number of hydrogen-bond acceptors (Lipinski definition) is 8. The summed E-state index contributed by atoms with van der Waals surface area (Å²) in [5.74, 6) is 0. The van der Waals surface area contributed by atoms with Crippen molar-refractivity contribution in [1.29, 1.82) is 0 Å². The molecule has 0 spiro atoms. The highest BCUT2D eigenvalue weighted by Crippen LogP contribution is 2.31. The summed E-state index contributed by atoms with van der Waals surface area (Å²) in [7, 11) is 0. The van der Waals surface area contributed by atoms with Gasteiger partial charge in [-0.05, 0) is 99.7 Å². The van der Waals surface area contributed by atoms with Crippen molar-refractivity contribution in [3.8, 4) is 0 Å². The van der Waals surface area contributed by atoms with Crippen LogP contribution >= 0.6 is 55.3 Å². The first-order valence-corrected chi connectivity index (χ1v) is 12.2. The van der Waals surface area contributed by atoms with Crippen LogP contribution < -0.4 is 11.5 Å². The lowest BCUT2D eigenvalue weighted by Gasteiger charge is -1.98. The van der Waals surface area contributed by atoms with Crippen LogP contribution in [-0.4, -0.2) is 17.5 Å². The van der Waals surface area contributed by atoms with E-state index in [1.807, 2.05) is 56.3 Å². The molecule has 160 valence electrons. The van der Waals surface area contributed by atoms with E-state index in [4.69, 9.17) is 11.5 Å². The van der Waals surface area contributed by atoms with E-state index < -0.39 is 0 Å². The van der Waals surface area contributed by atoms with Gasteiger partial charge in [0.25, 0.3) is 0 Å². The van der Waals surface area contributed by atoms with Crippen LogP contribution in [-0.2, 0) is 0 Å². The van der Waals surface area contributed by atoms with Gasteiger partial charge in [0.2, 0.25) is 0 Å². The average Bonchev–Trinajstić information content (AvgIpc) is 3.40. The molecule has 0 atom stereocenters. The summed E-state index contributed by atoms with van der Waals surface area (Å²) >= 11 is 9.41. The number of nitrogens with two attached hydrogens (primary N) is 2. The third-order valence-corrected chi connectivity index (χ3v) is 6.95. The number of nitrogens with zero attached hydrogens (tertiary/aromatic N) is 4. The Morgan fingerprint density at radius 1 is 0.677 bits per heavy atom. The summed E-state index contributed by atoms with van der Waals surface area (Å²) in [6, 6.07) is 13.7. The summed E-state index contributed by atoms with van der Waals surface area (Å²) in [5.41, 5.74) is 19.7. The smallest absolute Gasteiger partial charge is 0.120 e. The highest BCUT2D eigenvalue weighted by molar-refractivity contribution is 9.11. The lowest BCUT2D eigenvalue weighted by Crippen LogP contribution is -1.93. The molecule has 0 unspecified atom stereocenters. The second-order valence-electron chi connectivity index (χ2n) is 6.84. The van der Waals surface area contributed by atoms with Crippen LogP contribution in [0, 0.1) is 20.8 Å². The van der Waals surface area contributed by atoms with Gasteiger partial charge < -0.3 is 11.5 Å². The fourth-order valence-corrected chi connectivity index (χ4v) is 4.91. The van der Waals surface area contributed by atoms with E-state index >= 15 is 0 Å². The molecule has 5 aromatic rings. The zero-order chi connectivity index (χ0) is 22.5. The molecule has 0 amide bonds. The number of nitrogen functional groups attached to an aromatic ring is 2. The van der Waals surface area contributed by atoms with Crippen LogP contribution in [0.2, 0.25) is 0 Å². The lowest BCUT2D eigenvalue weighted by atomic mass is 10.2. The Balaban J connectivity index is 0.000000133. The Bertz CT molecular complexity index is 1330. The van der Waals surface area contributed by atoms with Crippen molar-refractivity contribution in [2.75, 3.05) is 11.5 Å². The summed E-state index contributed by atoms with van der Waals surface area (Å²) in [6.07, 6.45) is 0. The van der Waals surface area contributed by atoms with E-state index in [2.05, 4.69) is 56.3 Å². The number of rotatable bonds is 0. The van der Waals surface area contributed by atoms with Crippen molar-refractivity contribution in [3.63, 3.8) is 0 Å². The molecule has 6 nitrogen and oxygen atoms in total. The Kier molecular flexibility index (Phi) is 7.93. The molecule has 0 fully saturated rings. The van der Waals surface area contributed by atoms with Gasteiger partial charge >= 0.3 is 0 Å². The quantitative estimate of drug-likeness (QED) is 0.198. The second kappa shape index (κ2) is 10.4. The molecule has 10 heteroatoms. The maximum atomic E-state index is 5.50. The van der Waals surface area contributed by atoms with Crippen LogP contribution in [0.1, 0.15) is 16.7 Å². The first-order chi connectivity index (χ1) is 14.8. The molecule has 2 heterocycles. The van der Waals surface area contributed by atoms with Gasteiger partial charge in [0.1, 0.15) is 22.1 Å². The predicted octanol–water partition coefficient (Wildman–Crippen LogP) is 6.68. The zero-order valence-corrected chi connectivity index (χ0v) is 21.9. The maximum absolute atomic E-state index is 5.50. The molecule has 0 saturated heterocycles. The van der Waals surface area contributed by atoms with Gasteiger partial charge in [-0.3, -0.25) is 0 Å². The summed E-state index contributed by atoms with van der Waals surface area (Å²) in [5, 5.41) is 0. The van der Waals surface area contributed by atoms with E-state index in [1.165, 1.54) is 34.6 Å². The molecule has 0 aliphatic heterocycles. The third-order valence-electron chi connectivity index (χ3n) is 4.26. The van der Waals surface area contributed by atoms with Crippen LogP contribution in [0.25, 0.3) is 22.1 Å². The minimum absolute atomic E-state index is 0.653. The molecule has 0 aliphatic carbocycles. The molecule has 0 radical (unpaired) electrons. The highest BCUT2D eigenvalue weighted by atomic mass is 79.9. The summed E-state index contributed by atoms with van der Waals surface area (Å²) in [6.45, 7) is 6.07. The number of benzene rings is 3. The molecular formula is C21H20Br2N6S2. The van der Waals surface area contributed by atoms with Crippen molar-refractivity contribution < 1.29 is 0 Å². The molecule has 31 heavy (non-hydrogen) atoms. The first kappa shape index (κ1) is 23.5. The van der Waals surface area contributed by atoms with Gasteiger partial charge in [-0.15, -0.1) is 0 Å². The molecule has 4 N–H and O–H groups in total. The van der Waals surface area contributed by atoms with Gasteiger partial charge in [0.15, 0.2) is 0 Å². The van der Waals surface area contributed by atoms with Gasteiger partial charge in [-0.2, -0.15) is 17.5 Å². The number of hydrogen-bond donors (Lipinski definition) is 2. The Morgan fingerprint density at radius 2 is 1.29 bits per heavy atom. The van der Waals surface area contributed by atoms with E-state index in [-0.39, 0.29) is 0 Å². The van der Waals surface area contributed by atoms with Crippen molar-refractivity contribution in [2.45, 2.75) is 20.8 Å². The number of halogens is 2. The number of aromatic nitrogens is 4. The SMILES string of the molecule is Cc1cc(Br)c2nsnc2c1Br.Cc1ccc(N)c(N)c1.Cc1ccc2nsnc2c1. The number of aryl methyl sites for hydroxylation is 3. The average molecular weight is 580 g/mol. The zero-order valence-electron chi connectivity index (χ0n) is 17.1. The van der Waals surface area contributed by atoms with E-state index in [1.54, 1.807) is 0 Å². The van der Waals surface area contributed by atoms with E-state index in [0.29, 0.717) is 11.4 Å². The molecule has 0 bridgehead atoms. The number of fused-ring (bicyclic) bond motifs is 2. The fraction of sp³-hybridized carbons (Fsp3) is 0.143. The van der Waals surface area contributed by atoms with Crippen molar-refractivity contribution in [3.05, 3.63) is 68.1 Å². The van der Waals surface area contributed by atoms with E-state index in [0.717, 1.165) is 36.6 Å². The van der Waals surface area contributed by atoms with E-state index in [9.17, 15) is 0 Å². The molecule has 3 aromatic carbocycles. The van der Waals surface area contributed by atoms with Crippen LogP contribution in [0.4, 0.5) is 11.4 Å². The Hall–Kier alpha value is -2.14. The van der Waals surface area contributed by atoms with Crippen molar-refractivity contribution in [1.82, 2.24) is 17.5 Å². The first-order valence-electron chi connectivity index (χ1n) is 9.13. The van der Waals surface area contributed by atoms with Gasteiger partial charge in [-0.1, -0.05) is 12.1 Å². The summed E-state index contributed by atoms with van der Waals surface area (Å²) in [4.78, 5) is 0. The highest BCUT2D eigenvalue weighted by Gasteiger charge is 2.09. The number of anilines is 2. The predicted molar refractivity (Wildman–Crippen MR) is 140 cm³/mol. The minimum Gasteiger partial charge on any atom is -0.397 e. The largest absolute Gasteiger partial charge is 0.397 e. The van der Waals surface area contributed by atoms with Crippen LogP contribution in [0.15, 0.2) is 51.4 Å². The second-order valence-corrected chi connectivity index (χ2v) is 9.54. The molecule has 0 aliphatic rings. The Labute approximate surface area is 205 Å². The van der Waals surface area contributed by atoms with Gasteiger partial charge in [-0.25, -0.2) is 0 Å². The van der Waals surface area contributed by atoms with Crippen molar-refractivity contribution >= 4 is 88.8 Å². The molecule has 2 aromatic heterocycles. The Morgan fingerprint density at radius 3 is 2.00 bits per heavy atom. The molecule has 5 rings (SSSR count). The standard InChI is InChI=1S/C7H4Br2N2S.C7H6N2S.C7H10N2/c1-3-2-4(8)6-7(5(3)9)11-12-10-6;1-5-2-3-6-7(4-5)9-10-8-6;1-5-2-3-6(8)7(9)4-5/h2H,1H3;2-4H,1H3;2-4H,8-9H2,1H3. The van der Waals surface area contributed by atoms with Crippen molar-refractivity contribution in [2.24, 2.45) is 0 Å². The van der Waals surface area contributed by atoms with Gasteiger partial charge in [0, 0.05) is 8.95 Å². The molecular weight excluding hydrogens is 560 g/mol. The van der Waals surface area contributed by atoms with Crippen LogP contribution in [0.3, 0.4) is 0 Å². The fourth-order valence-electron chi connectivity index (χ4n) is 2.58. The van der Waals surface area contributed by atoms with Crippen LogP contribution in [0.5, 0.6) is 0 Å². The lowest BCUT2D eigenvalue weighted by molar-refractivity contribution is 1.43. The third kappa shape index (κ3) is 5.97.